The summed E-state index contributed by atoms with van der Waals surface area (Å²) in [7, 11) is -0.0927. The SMILES string of the molecule is C=C[C@H]1CC[C@@H](/C=C/c2ccc(OC)cc2)[C@H]1O[Si](C)(C)C(C)(C)C. The lowest BCUT2D eigenvalue weighted by Crippen LogP contribution is -2.46. The largest absolute Gasteiger partial charge is 0.497 e. The Morgan fingerprint density at radius 1 is 1.08 bits per heavy atom. The van der Waals surface area contributed by atoms with Crippen molar-refractivity contribution < 1.29 is 9.16 Å². The van der Waals surface area contributed by atoms with Gasteiger partial charge in [-0.2, -0.15) is 0 Å². The molecule has 3 atom stereocenters. The van der Waals surface area contributed by atoms with E-state index in [1.807, 2.05) is 12.1 Å². The summed E-state index contributed by atoms with van der Waals surface area (Å²) in [6.45, 7) is 15.7. The molecule has 0 unspecified atom stereocenters. The molecule has 0 aromatic heterocycles. The summed E-state index contributed by atoms with van der Waals surface area (Å²) in [4.78, 5) is 0. The van der Waals surface area contributed by atoms with E-state index in [9.17, 15) is 0 Å². The van der Waals surface area contributed by atoms with Crippen molar-refractivity contribution in [1.29, 1.82) is 0 Å². The number of ether oxygens (including phenoxy) is 1. The summed E-state index contributed by atoms with van der Waals surface area (Å²) in [5.74, 6) is 1.81. The zero-order valence-corrected chi connectivity index (χ0v) is 17.7. The van der Waals surface area contributed by atoms with Crippen molar-refractivity contribution in [2.24, 2.45) is 11.8 Å². The van der Waals surface area contributed by atoms with Gasteiger partial charge in [0, 0.05) is 11.8 Å². The van der Waals surface area contributed by atoms with Gasteiger partial charge in [-0.1, -0.05) is 51.1 Å². The first kappa shape index (κ1) is 20.0. The lowest BCUT2D eigenvalue weighted by Gasteiger charge is -2.40. The van der Waals surface area contributed by atoms with E-state index >= 15 is 0 Å². The van der Waals surface area contributed by atoms with Crippen LogP contribution in [0.15, 0.2) is 43.0 Å². The molecular weight excluding hydrogens is 324 g/mol. The van der Waals surface area contributed by atoms with Crippen LogP contribution >= 0.6 is 0 Å². The molecule has 1 aromatic carbocycles. The lowest BCUT2D eigenvalue weighted by molar-refractivity contribution is 0.134. The van der Waals surface area contributed by atoms with E-state index in [1.54, 1.807) is 7.11 Å². The summed E-state index contributed by atoms with van der Waals surface area (Å²) in [6.07, 6.45) is 9.25. The zero-order chi connectivity index (χ0) is 18.7. The average Bonchev–Trinajstić information content (AvgIpc) is 2.93. The van der Waals surface area contributed by atoms with Crippen LogP contribution in [0.3, 0.4) is 0 Å². The van der Waals surface area contributed by atoms with Gasteiger partial charge in [-0.05, 0) is 48.7 Å². The topological polar surface area (TPSA) is 18.5 Å². The second-order valence-corrected chi connectivity index (χ2v) is 13.4. The molecule has 0 spiro atoms. The fourth-order valence-electron chi connectivity index (χ4n) is 3.13. The predicted molar refractivity (Wildman–Crippen MR) is 111 cm³/mol. The summed E-state index contributed by atoms with van der Waals surface area (Å²) in [5, 5.41) is 0.228. The molecule has 2 nitrogen and oxygen atoms in total. The van der Waals surface area contributed by atoms with Crippen molar-refractivity contribution in [3.8, 4) is 5.75 Å². The van der Waals surface area contributed by atoms with Crippen LogP contribution in [0.5, 0.6) is 5.75 Å². The number of hydrogen-bond acceptors (Lipinski definition) is 2. The van der Waals surface area contributed by atoms with Gasteiger partial charge in [0.05, 0.1) is 13.2 Å². The molecule has 0 radical (unpaired) electrons. The normalized spacial score (nSPS) is 24.6. The highest BCUT2D eigenvalue weighted by Crippen LogP contribution is 2.43. The van der Waals surface area contributed by atoms with E-state index in [1.165, 1.54) is 18.4 Å². The first-order valence-corrected chi connectivity index (χ1v) is 12.2. The summed E-state index contributed by atoms with van der Waals surface area (Å²) in [6, 6.07) is 8.20. The second kappa shape index (κ2) is 7.92. The molecule has 0 saturated heterocycles. The molecule has 1 aliphatic carbocycles. The Bertz CT molecular complexity index is 595. The summed E-state index contributed by atoms with van der Waals surface area (Å²) < 4.78 is 12.0. The van der Waals surface area contributed by atoms with Crippen molar-refractivity contribution in [3.05, 3.63) is 48.6 Å². The van der Waals surface area contributed by atoms with Crippen molar-refractivity contribution in [2.45, 2.75) is 57.8 Å². The van der Waals surface area contributed by atoms with Crippen molar-refractivity contribution in [1.82, 2.24) is 0 Å². The minimum Gasteiger partial charge on any atom is -0.497 e. The van der Waals surface area contributed by atoms with E-state index in [-0.39, 0.29) is 11.1 Å². The molecule has 1 fully saturated rings. The molecule has 2 rings (SSSR count). The van der Waals surface area contributed by atoms with Crippen LogP contribution < -0.4 is 4.74 Å². The number of rotatable bonds is 6. The molecule has 25 heavy (non-hydrogen) atoms. The fraction of sp³-hybridized carbons (Fsp3) is 0.545. The van der Waals surface area contributed by atoms with E-state index in [2.05, 4.69) is 70.8 Å². The summed E-state index contributed by atoms with van der Waals surface area (Å²) in [5.41, 5.74) is 1.20. The van der Waals surface area contributed by atoms with Gasteiger partial charge in [-0.3, -0.25) is 0 Å². The van der Waals surface area contributed by atoms with E-state index in [0.717, 1.165) is 5.75 Å². The molecule has 0 bridgehead atoms. The maximum atomic E-state index is 6.80. The molecule has 3 heteroatoms. The van der Waals surface area contributed by atoms with Gasteiger partial charge in [-0.25, -0.2) is 0 Å². The van der Waals surface area contributed by atoms with Crippen LogP contribution in [0.2, 0.25) is 18.1 Å². The van der Waals surface area contributed by atoms with Gasteiger partial charge in [0.25, 0.3) is 0 Å². The van der Waals surface area contributed by atoms with Gasteiger partial charge < -0.3 is 9.16 Å². The number of benzene rings is 1. The van der Waals surface area contributed by atoms with Crippen molar-refractivity contribution in [2.75, 3.05) is 7.11 Å². The third-order valence-corrected chi connectivity index (χ3v) is 10.3. The van der Waals surface area contributed by atoms with E-state index < -0.39 is 8.32 Å². The third-order valence-electron chi connectivity index (χ3n) is 5.87. The smallest absolute Gasteiger partial charge is 0.192 e. The molecular formula is C22H34O2Si. The molecule has 0 amide bonds. The first-order chi connectivity index (χ1) is 11.7. The van der Waals surface area contributed by atoms with Crippen LogP contribution in [0.25, 0.3) is 6.08 Å². The Balaban J connectivity index is 2.14. The van der Waals surface area contributed by atoms with Crippen molar-refractivity contribution >= 4 is 14.4 Å². The molecule has 0 heterocycles. The quantitative estimate of drug-likeness (QED) is 0.438. The van der Waals surface area contributed by atoms with Crippen LogP contribution in [0.1, 0.15) is 39.2 Å². The average molecular weight is 359 g/mol. The van der Waals surface area contributed by atoms with Crippen LogP contribution in [0.4, 0.5) is 0 Å². The van der Waals surface area contributed by atoms with Gasteiger partial charge in [0.1, 0.15) is 5.75 Å². The maximum Gasteiger partial charge on any atom is 0.192 e. The van der Waals surface area contributed by atoms with Crippen molar-refractivity contribution in [3.63, 3.8) is 0 Å². The van der Waals surface area contributed by atoms with Gasteiger partial charge in [0.15, 0.2) is 8.32 Å². The maximum absolute atomic E-state index is 6.80. The van der Waals surface area contributed by atoms with Gasteiger partial charge in [0.2, 0.25) is 0 Å². The molecule has 0 N–H and O–H groups in total. The Morgan fingerprint density at radius 3 is 2.20 bits per heavy atom. The van der Waals surface area contributed by atoms with Gasteiger partial charge >= 0.3 is 0 Å². The standard InChI is InChI=1S/C22H34O2Si/c1-8-18-13-14-19(21(18)24-25(6,7)22(2,3)4)12-9-17-10-15-20(23-5)16-11-17/h8-12,15-16,18-19,21H,1,13-14H2,2-7H3/b12-9+/t18-,19+,21-/m0/s1. The zero-order valence-electron chi connectivity index (χ0n) is 16.7. The monoisotopic (exact) mass is 358 g/mol. The lowest BCUT2D eigenvalue weighted by atomic mass is 10.00. The molecule has 1 aliphatic rings. The third kappa shape index (κ3) is 4.86. The minimum atomic E-state index is -1.79. The van der Waals surface area contributed by atoms with E-state index in [4.69, 9.17) is 9.16 Å². The predicted octanol–water partition coefficient (Wildman–Crippen LogP) is 6.31. The Morgan fingerprint density at radius 2 is 1.68 bits per heavy atom. The number of hydrogen-bond donors (Lipinski definition) is 0. The molecule has 138 valence electrons. The second-order valence-electron chi connectivity index (χ2n) is 8.62. The molecule has 1 aromatic rings. The van der Waals surface area contributed by atoms with Gasteiger partial charge in [-0.15, -0.1) is 6.58 Å². The summed E-state index contributed by atoms with van der Waals surface area (Å²) >= 11 is 0. The molecule has 1 saturated carbocycles. The Kier molecular flexibility index (Phi) is 6.34. The highest BCUT2D eigenvalue weighted by Gasteiger charge is 2.43. The highest BCUT2D eigenvalue weighted by molar-refractivity contribution is 6.74. The van der Waals surface area contributed by atoms with Crippen LogP contribution in [-0.2, 0) is 4.43 Å². The first-order valence-electron chi connectivity index (χ1n) is 9.30. The van der Waals surface area contributed by atoms with Crippen LogP contribution in [0, 0.1) is 11.8 Å². The van der Waals surface area contributed by atoms with Crippen LogP contribution in [-0.4, -0.2) is 21.5 Å². The highest BCUT2D eigenvalue weighted by atomic mass is 28.4. The minimum absolute atomic E-state index is 0.228. The number of methoxy groups -OCH3 is 1. The Hall–Kier alpha value is -1.32. The molecule has 0 aliphatic heterocycles. The van der Waals surface area contributed by atoms with E-state index in [0.29, 0.717) is 11.8 Å². The Labute approximate surface area is 155 Å². The fourth-order valence-corrected chi connectivity index (χ4v) is 4.51.